The summed E-state index contributed by atoms with van der Waals surface area (Å²) in [5.41, 5.74) is 0.937. The molecule has 0 radical (unpaired) electrons. The highest BCUT2D eigenvalue weighted by atomic mass is 35.5. The molecule has 2 unspecified atom stereocenters. The van der Waals surface area contributed by atoms with Crippen molar-refractivity contribution in [1.29, 1.82) is 0 Å². The van der Waals surface area contributed by atoms with Gasteiger partial charge in [0.2, 0.25) is 0 Å². The quantitative estimate of drug-likeness (QED) is 0.870. The summed E-state index contributed by atoms with van der Waals surface area (Å²) >= 11 is 6.00. The van der Waals surface area contributed by atoms with Gasteiger partial charge in [0.25, 0.3) is 0 Å². The van der Waals surface area contributed by atoms with Crippen molar-refractivity contribution >= 4 is 34.5 Å². The first-order valence-corrected chi connectivity index (χ1v) is 6.34. The van der Waals surface area contributed by atoms with Crippen LogP contribution in [-0.2, 0) is 11.8 Å². The van der Waals surface area contributed by atoms with E-state index in [-0.39, 0.29) is 16.4 Å². The van der Waals surface area contributed by atoms with Gasteiger partial charge in [-0.2, -0.15) is 0 Å². The molecule has 20 heavy (non-hydrogen) atoms. The zero-order chi connectivity index (χ0) is 14.6. The highest BCUT2D eigenvalue weighted by Crippen LogP contribution is 2.41. The first kappa shape index (κ1) is 12.9. The van der Waals surface area contributed by atoms with Gasteiger partial charge in [0, 0.05) is 18.5 Å². The predicted octanol–water partition coefficient (Wildman–Crippen LogP) is 1.69. The van der Waals surface area contributed by atoms with Gasteiger partial charge in [-0.05, 0) is 18.6 Å². The maximum atomic E-state index is 12.2. The van der Waals surface area contributed by atoms with Crippen molar-refractivity contribution in [2.45, 2.75) is 6.42 Å². The number of Topliss-reactive ketones (excluding diaryl/α,β-unsaturated/α-hetero) is 1. The van der Waals surface area contributed by atoms with Crippen LogP contribution in [0.1, 0.15) is 16.8 Å². The number of rotatable bonds is 3. The lowest BCUT2D eigenvalue weighted by Gasteiger charge is -2.02. The fourth-order valence-corrected chi connectivity index (χ4v) is 2.55. The predicted molar refractivity (Wildman–Crippen MR) is 70.0 cm³/mol. The Labute approximate surface area is 117 Å². The topological polar surface area (TPSA) is 89.5 Å². The van der Waals surface area contributed by atoms with E-state index in [2.05, 4.69) is 0 Å². The van der Waals surface area contributed by atoms with E-state index in [1.165, 1.54) is 23.7 Å². The number of aryl methyl sites for hydroxylation is 1. The normalized spacial score (nSPS) is 21.1. The van der Waals surface area contributed by atoms with Crippen LogP contribution < -0.4 is 5.76 Å². The highest BCUT2D eigenvalue weighted by molar-refractivity contribution is 6.35. The Kier molecular flexibility index (Phi) is 2.72. The van der Waals surface area contributed by atoms with Crippen LogP contribution in [0, 0.1) is 11.8 Å². The Balaban J connectivity index is 2.05. The van der Waals surface area contributed by atoms with Gasteiger partial charge in [-0.3, -0.25) is 14.2 Å². The van der Waals surface area contributed by atoms with E-state index < -0.39 is 23.6 Å². The number of hydrogen-bond acceptors (Lipinski definition) is 4. The smallest absolute Gasteiger partial charge is 0.419 e. The van der Waals surface area contributed by atoms with Crippen molar-refractivity contribution in [3.8, 4) is 0 Å². The summed E-state index contributed by atoms with van der Waals surface area (Å²) in [6.07, 6.45) is 0.341. The lowest BCUT2D eigenvalue weighted by atomic mass is 10.1. The van der Waals surface area contributed by atoms with Crippen molar-refractivity contribution in [1.82, 2.24) is 4.57 Å². The molecule has 2 atom stereocenters. The van der Waals surface area contributed by atoms with Gasteiger partial charge >= 0.3 is 11.7 Å². The number of nitrogens with zero attached hydrogens (tertiary/aromatic N) is 1. The molecule has 3 rings (SSSR count). The molecule has 0 bridgehead atoms. The summed E-state index contributed by atoms with van der Waals surface area (Å²) in [7, 11) is 1.51. The maximum Gasteiger partial charge on any atom is 0.419 e. The van der Waals surface area contributed by atoms with Crippen molar-refractivity contribution in [2.24, 2.45) is 18.9 Å². The molecule has 6 nitrogen and oxygen atoms in total. The van der Waals surface area contributed by atoms with Crippen LogP contribution in [0.4, 0.5) is 0 Å². The Hall–Kier alpha value is -2.08. The number of carboxylic acids is 1. The van der Waals surface area contributed by atoms with Crippen LogP contribution in [-0.4, -0.2) is 21.4 Å². The average Bonchev–Trinajstić information content (AvgIpc) is 3.14. The lowest BCUT2D eigenvalue weighted by molar-refractivity contribution is -0.138. The number of carboxylic acid groups (broad SMARTS) is 1. The number of aromatic nitrogens is 1. The molecule has 1 aromatic heterocycles. The zero-order valence-corrected chi connectivity index (χ0v) is 11.2. The number of benzene rings is 1. The number of aliphatic carboxylic acids is 1. The van der Waals surface area contributed by atoms with E-state index in [0.29, 0.717) is 17.5 Å². The SMILES string of the molecule is Cn1c(=O)oc2c(Cl)cc(C(=O)C3CC3C(=O)O)cc21. The number of halogens is 1. The minimum Gasteiger partial charge on any atom is -0.481 e. The second-order valence-electron chi connectivity index (χ2n) is 4.88. The standard InChI is InChI=1S/C13H10ClNO5/c1-15-9-3-5(2-8(14)11(9)20-13(15)19)10(16)6-4-7(6)12(17)18/h2-3,6-7H,4H2,1H3,(H,17,18). The van der Waals surface area contributed by atoms with Crippen LogP contribution in [0.15, 0.2) is 21.3 Å². The summed E-state index contributed by atoms with van der Waals surface area (Å²) in [4.78, 5) is 34.4. The number of fused-ring (bicyclic) bond motifs is 1. The van der Waals surface area contributed by atoms with Crippen molar-refractivity contribution in [3.05, 3.63) is 33.3 Å². The summed E-state index contributed by atoms with van der Waals surface area (Å²) in [5, 5.41) is 9.02. The van der Waals surface area contributed by atoms with Gasteiger partial charge in [0.1, 0.15) is 0 Å². The number of carbonyl (C=O) groups excluding carboxylic acids is 1. The van der Waals surface area contributed by atoms with Gasteiger partial charge in [0.15, 0.2) is 11.4 Å². The summed E-state index contributed by atoms with van der Waals surface area (Å²) in [5.74, 6) is -2.93. The Bertz CT molecular complexity index is 803. The maximum absolute atomic E-state index is 12.2. The molecule has 1 saturated carbocycles. The molecule has 0 amide bonds. The van der Waals surface area contributed by atoms with E-state index in [9.17, 15) is 14.4 Å². The third kappa shape index (κ3) is 1.84. The van der Waals surface area contributed by atoms with E-state index in [0.717, 1.165) is 0 Å². The summed E-state index contributed by atoms with van der Waals surface area (Å²) in [6, 6.07) is 2.91. The monoisotopic (exact) mass is 295 g/mol. The molecule has 0 spiro atoms. The van der Waals surface area contributed by atoms with Crippen molar-refractivity contribution in [2.75, 3.05) is 0 Å². The van der Waals surface area contributed by atoms with E-state index >= 15 is 0 Å². The number of carbonyl (C=O) groups is 2. The van der Waals surface area contributed by atoms with Crippen LogP contribution in [0.5, 0.6) is 0 Å². The molecule has 104 valence electrons. The third-order valence-electron chi connectivity index (χ3n) is 3.58. The first-order chi connectivity index (χ1) is 9.40. The molecule has 1 heterocycles. The number of oxazole rings is 1. The molecule has 1 aromatic carbocycles. The molecule has 1 N–H and O–H groups in total. The molecule has 7 heteroatoms. The van der Waals surface area contributed by atoms with Crippen LogP contribution in [0.3, 0.4) is 0 Å². The van der Waals surface area contributed by atoms with Gasteiger partial charge in [-0.1, -0.05) is 11.6 Å². The second-order valence-corrected chi connectivity index (χ2v) is 5.29. The Morgan fingerprint density at radius 2 is 2.10 bits per heavy atom. The van der Waals surface area contributed by atoms with Gasteiger partial charge in [-0.15, -0.1) is 0 Å². The van der Waals surface area contributed by atoms with E-state index in [4.69, 9.17) is 21.1 Å². The van der Waals surface area contributed by atoms with Gasteiger partial charge in [0.05, 0.1) is 16.5 Å². The fraction of sp³-hybridized carbons (Fsp3) is 0.308. The first-order valence-electron chi connectivity index (χ1n) is 5.96. The van der Waals surface area contributed by atoms with Crippen LogP contribution in [0.25, 0.3) is 11.1 Å². The Morgan fingerprint density at radius 1 is 1.40 bits per heavy atom. The largest absolute Gasteiger partial charge is 0.481 e. The highest BCUT2D eigenvalue weighted by Gasteiger charge is 2.48. The molecule has 2 aromatic rings. The molecule has 1 aliphatic rings. The molecule has 1 aliphatic carbocycles. The molecule has 0 aliphatic heterocycles. The third-order valence-corrected chi connectivity index (χ3v) is 3.86. The average molecular weight is 296 g/mol. The van der Waals surface area contributed by atoms with Crippen LogP contribution in [0.2, 0.25) is 5.02 Å². The number of ketones is 1. The van der Waals surface area contributed by atoms with E-state index in [1.807, 2.05) is 0 Å². The van der Waals surface area contributed by atoms with Gasteiger partial charge < -0.3 is 9.52 Å². The molecule has 0 saturated heterocycles. The lowest BCUT2D eigenvalue weighted by Crippen LogP contribution is -2.10. The molecule has 1 fully saturated rings. The fourth-order valence-electron chi connectivity index (χ4n) is 2.30. The molecular formula is C13H10ClNO5. The zero-order valence-electron chi connectivity index (χ0n) is 10.4. The minimum absolute atomic E-state index is 0.163. The van der Waals surface area contributed by atoms with Crippen molar-refractivity contribution in [3.63, 3.8) is 0 Å². The van der Waals surface area contributed by atoms with Crippen molar-refractivity contribution < 1.29 is 19.1 Å². The summed E-state index contributed by atoms with van der Waals surface area (Å²) in [6.45, 7) is 0. The van der Waals surface area contributed by atoms with Gasteiger partial charge in [-0.25, -0.2) is 4.79 Å². The Morgan fingerprint density at radius 3 is 2.70 bits per heavy atom. The number of hydrogen-bond donors (Lipinski definition) is 1. The molecular weight excluding hydrogens is 286 g/mol. The minimum atomic E-state index is -0.966. The summed E-state index contributed by atoms with van der Waals surface area (Å²) < 4.78 is 6.22. The van der Waals surface area contributed by atoms with E-state index in [1.54, 1.807) is 0 Å². The van der Waals surface area contributed by atoms with Crippen LogP contribution >= 0.6 is 11.6 Å². The second kappa shape index (κ2) is 4.21.